The predicted octanol–water partition coefficient (Wildman–Crippen LogP) is 3.13. The molecule has 2 aliphatic rings. The molecule has 31 heavy (non-hydrogen) atoms. The first kappa shape index (κ1) is 21.5. The first-order valence-electron chi connectivity index (χ1n) is 10.5. The van der Waals surface area contributed by atoms with Gasteiger partial charge < -0.3 is 24.2 Å². The first-order valence-corrected chi connectivity index (χ1v) is 10.5. The maximum absolute atomic E-state index is 13.2. The van der Waals surface area contributed by atoms with Gasteiger partial charge in [0.25, 0.3) is 0 Å². The number of hydrogen-bond donors (Lipinski definition) is 1. The number of alkyl halides is 2. The van der Waals surface area contributed by atoms with Crippen molar-refractivity contribution in [2.24, 2.45) is 0 Å². The van der Waals surface area contributed by atoms with Crippen LogP contribution in [0.5, 0.6) is 5.75 Å². The Morgan fingerprint density at radius 3 is 2.45 bits per heavy atom. The van der Waals surface area contributed by atoms with Crippen molar-refractivity contribution in [3.63, 3.8) is 0 Å². The van der Waals surface area contributed by atoms with Crippen molar-refractivity contribution < 1.29 is 27.9 Å². The number of carbonyl (C=O) groups is 1. The molecule has 2 fully saturated rings. The third-order valence-electron chi connectivity index (χ3n) is 5.93. The fourth-order valence-electron chi connectivity index (χ4n) is 4.33. The number of aromatic nitrogens is 2. The summed E-state index contributed by atoms with van der Waals surface area (Å²) in [6.07, 6.45) is 1.47. The van der Waals surface area contributed by atoms with Crippen molar-refractivity contribution >= 4 is 6.03 Å². The van der Waals surface area contributed by atoms with Crippen LogP contribution in [0.3, 0.4) is 0 Å². The molecular formula is C21H26F2N4O4. The van der Waals surface area contributed by atoms with Gasteiger partial charge >= 0.3 is 12.6 Å². The Morgan fingerprint density at radius 1 is 1.16 bits per heavy atom. The number of urea groups is 1. The maximum Gasteiger partial charge on any atom is 0.387 e. The number of ether oxygens (including phenoxy) is 1. The highest BCUT2D eigenvalue weighted by Crippen LogP contribution is 2.36. The van der Waals surface area contributed by atoms with Crippen molar-refractivity contribution in [3.05, 3.63) is 41.5 Å². The molecule has 2 amide bonds. The van der Waals surface area contributed by atoms with E-state index in [1.165, 1.54) is 12.1 Å². The predicted molar refractivity (Wildman–Crippen MR) is 106 cm³/mol. The summed E-state index contributed by atoms with van der Waals surface area (Å²) in [5, 5.41) is 13.6. The van der Waals surface area contributed by atoms with Gasteiger partial charge in [-0.05, 0) is 43.9 Å². The number of halogens is 2. The number of nitrogens with zero attached hydrogens (tertiary/aromatic N) is 4. The molecule has 2 aliphatic heterocycles. The minimum absolute atomic E-state index is 0.0223. The Hall–Kier alpha value is -2.75. The van der Waals surface area contributed by atoms with Crippen LogP contribution >= 0.6 is 0 Å². The average molecular weight is 436 g/mol. The Labute approximate surface area is 178 Å². The zero-order chi connectivity index (χ0) is 22.0. The van der Waals surface area contributed by atoms with Crippen LogP contribution in [0.15, 0.2) is 28.8 Å². The summed E-state index contributed by atoms with van der Waals surface area (Å²) in [4.78, 5) is 21.1. The van der Waals surface area contributed by atoms with E-state index in [4.69, 9.17) is 4.52 Å². The Morgan fingerprint density at radius 2 is 1.84 bits per heavy atom. The highest BCUT2D eigenvalue weighted by Gasteiger charge is 2.36. The highest BCUT2D eigenvalue weighted by atomic mass is 19.3. The lowest BCUT2D eigenvalue weighted by Gasteiger charge is -2.40. The fourth-order valence-corrected chi connectivity index (χ4v) is 4.33. The molecular weight excluding hydrogens is 410 g/mol. The molecule has 10 heteroatoms. The van der Waals surface area contributed by atoms with Gasteiger partial charge in [-0.25, -0.2) is 4.79 Å². The lowest BCUT2D eigenvalue weighted by molar-refractivity contribution is -0.0498. The van der Waals surface area contributed by atoms with Crippen LogP contribution in [0.2, 0.25) is 0 Å². The maximum atomic E-state index is 13.2. The fraction of sp³-hybridized carbons (Fsp3) is 0.571. The number of aliphatic hydroxyl groups excluding tert-OH is 1. The molecule has 0 spiro atoms. The zero-order valence-corrected chi connectivity index (χ0v) is 17.3. The summed E-state index contributed by atoms with van der Waals surface area (Å²) in [5.74, 6) is 0.973. The molecule has 2 atom stereocenters. The zero-order valence-electron chi connectivity index (χ0n) is 17.3. The molecule has 8 nitrogen and oxygen atoms in total. The minimum Gasteiger partial charge on any atom is -0.435 e. The van der Waals surface area contributed by atoms with E-state index in [9.17, 15) is 18.7 Å². The molecule has 1 N–H and O–H groups in total. The highest BCUT2D eigenvalue weighted by molar-refractivity contribution is 5.75. The number of amides is 2. The van der Waals surface area contributed by atoms with Gasteiger partial charge in [0.1, 0.15) is 5.75 Å². The second-order valence-electron chi connectivity index (χ2n) is 8.16. The Balaban J connectivity index is 1.54. The van der Waals surface area contributed by atoms with E-state index < -0.39 is 6.61 Å². The molecule has 168 valence electrons. The molecule has 2 saturated heterocycles. The van der Waals surface area contributed by atoms with Crippen molar-refractivity contribution in [1.29, 1.82) is 0 Å². The topological polar surface area (TPSA) is 91.9 Å². The molecule has 0 saturated carbocycles. The molecule has 0 aliphatic carbocycles. The third kappa shape index (κ3) is 5.12. The largest absolute Gasteiger partial charge is 0.435 e. The van der Waals surface area contributed by atoms with Crippen molar-refractivity contribution in [3.8, 4) is 5.75 Å². The van der Waals surface area contributed by atoms with Crippen LogP contribution in [-0.4, -0.2) is 70.0 Å². The Kier molecular flexibility index (Phi) is 6.35. The molecule has 4 rings (SSSR count). The molecule has 1 aromatic carbocycles. The van der Waals surface area contributed by atoms with Crippen molar-refractivity contribution in [2.75, 3.05) is 26.2 Å². The van der Waals surface area contributed by atoms with Gasteiger partial charge in [-0.15, -0.1) is 0 Å². The van der Waals surface area contributed by atoms with E-state index in [-0.39, 0.29) is 29.7 Å². The molecule has 0 radical (unpaired) electrons. The number of aliphatic hydroxyl groups is 1. The average Bonchev–Trinajstić information content (AvgIpc) is 3.20. The van der Waals surface area contributed by atoms with Gasteiger partial charge in [0.15, 0.2) is 5.82 Å². The number of aryl methyl sites for hydroxylation is 1. The smallest absolute Gasteiger partial charge is 0.387 e. The van der Waals surface area contributed by atoms with Gasteiger partial charge in [-0.3, -0.25) is 0 Å². The van der Waals surface area contributed by atoms with E-state index in [0.717, 1.165) is 5.56 Å². The second kappa shape index (κ2) is 9.17. The van der Waals surface area contributed by atoms with Gasteiger partial charge in [0, 0.05) is 32.1 Å². The van der Waals surface area contributed by atoms with Crippen LogP contribution in [0, 0.1) is 6.92 Å². The quantitative estimate of drug-likeness (QED) is 0.792. The first-order chi connectivity index (χ1) is 14.9. The van der Waals surface area contributed by atoms with Crippen LogP contribution in [-0.2, 0) is 0 Å². The van der Waals surface area contributed by atoms with E-state index in [0.29, 0.717) is 57.2 Å². The van der Waals surface area contributed by atoms with E-state index in [2.05, 4.69) is 14.9 Å². The summed E-state index contributed by atoms with van der Waals surface area (Å²) in [5.41, 5.74) is 0.925. The summed E-state index contributed by atoms with van der Waals surface area (Å²) in [7, 11) is 0. The van der Waals surface area contributed by atoms with Gasteiger partial charge in [0.05, 0.1) is 12.0 Å². The molecule has 1 aromatic heterocycles. The second-order valence-corrected chi connectivity index (χ2v) is 8.16. The van der Waals surface area contributed by atoms with Gasteiger partial charge in [0.2, 0.25) is 5.89 Å². The normalized spacial score (nSPS) is 22.7. The molecule has 3 heterocycles. The minimum atomic E-state index is -2.87. The van der Waals surface area contributed by atoms with Crippen LogP contribution in [0.4, 0.5) is 13.6 Å². The molecule has 0 bridgehead atoms. The number of rotatable bonds is 4. The summed E-state index contributed by atoms with van der Waals surface area (Å²) >= 11 is 0. The van der Waals surface area contributed by atoms with Crippen molar-refractivity contribution in [2.45, 2.75) is 50.7 Å². The SMILES string of the molecule is Cc1noc(C2CC(c3ccc(OC(F)F)cc3)CN(C(=O)N3CCC(O)CC3)C2)n1. The number of piperidine rings is 2. The Bertz CT molecular complexity index is 884. The van der Waals surface area contributed by atoms with E-state index >= 15 is 0 Å². The third-order valence-corrected chi connectivity index (χ3v) is 5.93. The lowest BCUT2D eigenvalue weighted by atomic mass is 9.84. The monoisotopic (exact) mass is 436 g/mol. The number of hydrogen-bond acceptors (Lipinski definition) is 6. The van der Waals surface area contributed by atoms with Crippen LogP contribution in [0.1, 0.15) is 48.4 Å². The summed E-state index contributed by atoms with van der Waals surface area (Å²) < 4.78 is 34.7. The standard InChI is InChI=1S/C21H26F2N4O4/c1-13-24-19(31-25-13)16-10-15(14-2-4-18(5-3-14)30-20(22)23)11-27(12-16)21(29)26-8-6-17(28)7-9-26/h2-5,15-17,20,28H,6-12H2,1H3. The summed E-state index contributed by atoms with van der Waals surface area (Å²) in [6, 6.07) is 6.46. The number of carbonyl (C=O) groups excluding carboxylic acids is 1. The molecule has 2 unspecified atom stereocenters. The van der Waals surface area contributed by atoms with Crippen LogP contribution in [0.25, 0.3) is 0 Å². The van der Waals surface area contributed by atoms with Crippen molar-refractivity contribution in [1.82, 2.24) is 19.9 Å². The molecule has 2 aromatic rings. The van der Waals surface area contributed by atoms with Crippen LogP contribution < -0.4 is 4.74 Å². The number of benzene rings is 1. The van der Waals surface area contributed by atoms with Gasteiger partial charge in [-0.1, -0.05) is 17.3 Å². The van der Waals surface area contributed by atoms with E-state index in [1.54, 1.807) is 28.9 Å². The summed E-state index contributed by atoms with van der Waals surface area (Å²) in [6.45, 7) is 0.869. The van der Waals surface area contributed by atoms with Gasteiger partial charge in [-0.2, -0.15) is 13.8 Å². The lowest BCUT2D eigenvalue weighted by Crippen LogP contribution is -2.51. The van der Waals surface area contributed by atoms with E-state index in [1.807, 2.05) is 0 Å². The number of likely N-dealkylation sites (tertiary alicyclic amines) is 2.